The molecular formula is C31H50N7O18P3S. The van der Waals surface area contributed by atoms with E-state index >= 15 is 0 Å². The summed E-state index contributed by atoms with van der Waals surface area (Å²) in [4.78, 5) is 99.5. The molecule has 2 amide bonds. The lowest BCUT2D eigenvalue weighted by atomic mass is 9.87. The van der Waals surface area contributed by atoms with Crippen molar-refractivity contribution in [3.63, 3.8) is 0 Å². The first kappa shape index (κ1) is 51.3. The number of ether oxygens (including phenoxy) is 1. The van der Waals surface area contributed by atoms with Crippen molar-refractivity contribution in [3.05, 3.63) is 24.8 Å². The van der Waals surface area contributed by atoms with E-state index < -0.39 is 84.6 Å². The smallest absolute Gasteiger partial charge is 0.386 e. The quantitative estimate of drug-likeness (QED) is 0.0374. The van der Waals surface area contributed by atoms with Crippen LogP contribution in [-0.4, -0.2) is 128 Å². The Morgan fingerprint density at radius 3 is 2.33 bits per heavy atom. The van der Waals surface area contributed by atoms with Gasteiger partial charge >= 0.3 is 23.5 Å². The summed E-state index contributed by atoms with van der Waals surface area (Å²) in [7, 11) is -16.4. The first-order valence-electron chi connectivity index (χ1n) is 17.9. The molecule has 338 valence electrons. The van der Waals surface area contributed by atoms with E-state index in [1.54, 1.807) is 6.92 Å². The van der Waals surface area contributed by atoms with E-state index in [9.17, 15) is 62.7 Å². The van der Waals surface area contributed by atoms with Gasteiger partial charge in [0.1, 0.15) is 42.0 Å². The molecule has 1 fully saturated rings. The highest BCUT2D eigenvalue weighted by atomic mass is 32.2. The van der Waals surface area contributed by atoms with Crippen molar-refractivity contribution in [1.82, 2.24) is 30.2 Å². The molecule has 8 atom stereocenters. The SMILES string of the molecule is C=C(C)C(CCC(C)=O)CC(=O)SCCNC(=O)CCNC(=O)C(O)C(C)(C)COP(=O)(O)OP(=O)(O)OCC1OC(n2cnc3c(N)ncnc32)C(O)C1OP(=O)(O)O. The minimum atomic E-state index is -5.59. The van der Waals surface area contributed by atoms with Gasteiger partial charge in [0.05, 0.1) is 19.5 Å². The van der Waals surface area contributed by atoms with E-state index in [4.69, 9.17) is 19.5 Å². The summed E-state index contributed by atoms with van der Waals surface area (Å²) in [6.45, 7) is 7.51. The topological polar surface area (TPSA) is 381 Å². The molecule has 29 heteroatoms. The highest BCUT2D eigenvalue weighted by Gasteiger charge is 2.50. The zero-order chi connectivity index (χ0) is 45.2. The Balaban J connectivity index is 1.45. The maximum Gasteiger partial charge on any atom is 0.481 e. The van der Waals surface area contributed by atoms with Crippen molar-refractivity contribution in [2.45, 2.75) is 84.0 Å². The third-order valence-corrected chi connectivity index (χ3v) is 12.7. The summed E-state index contributed by atoms with van der Waals surface area (Å²) in [5, 5.41) is 26.3. The number of phosphoric ester groups is 3. The number of aliphatic hydroxyl groups excluding tert-OH is 2. The summed E-state index contributed by atoms with van der Waals surface area (Å²) in [6, 6.07) is 0. The van der Waals surface area contributed by atoms with E-state index in [0.29, 0.717) is 12.8 Å². The van der Waals surface area contributed by atoms with Gasteiger partial charge in [-0.25, -0.2) is 28.6 Å². The van der Waals surface area contributed by atoms with Crippen LogP contribution >= 0.6 is 35.2 Å². The van der Waals surface area contributed by atoms with Crippen molar-refractivity contribution >= 4 is 74.9 Å². The number of ketones is 1. The van der Waals surface area contributed by atoms with Crippen molar-refractivity contribution in [2.75, 3.05) is 37.8 Å². The normalized spacial score (nSPS) is 21.4. The van der Waals surface area contributed by atoms with Crippen LogP contribution in [0, 0.1) is 11.3 Å². The monoisotopic (exact) mass is 933 g/mol. The summed E-state index contributed by atoms with van der Waals surface area (Å²) in [5.74, 6) is -1.34. The van der Waals surface area contributed by atoms with Gasteiger partial charge in [0.2, 0.25) is 11.8 Å². The molecule has 8 unspecified atom stereocenters. The second-order valence-corrected chi connectivity index (χ2v) is 19.7. The number of fused-ring (bicyclic) bond motifs is 1. The number of nitrogens with zero attached hydrogens (tertiary/aromatic N) is 4. The number of allylic oxidation sites excluding steroid dienone is 1. The number of carbonyl (C=O) groups excluding carboxylic acids is 4. The molecule has 1 aliphatic heterocycles. The van der Waals surface area contributed by atoms with Crippen molar-refractivity contribution < 1.29 is 85.3 Å². The van der Waals surface area contributed by atoms with Crippen molar-refractivity contribution in [2.24, 2.45) is 11.3 Å². The van der Waals surface area contributed by atoms with Gasteiger partial charge in [-0.2, -0.15) is 4.31 Å². The molecule has 2 aromatic heterocycles. The zero-order valence-electron chi connectivity index (χ0n) is 32.9. The maximum atomic E-state index is 12.7. The summed E-state index contributed by atoms with van der Waals surface area (Å²) in [6.07, 6.45) is -5.94. The van der Waals surface area contributed by atoms with Crippen LogP contribution in [0.5, 0.6) is 0 Å². The van der Waals surface area contributed by atoms with Crippen LogP contribution < -0.4 is 16.4 Å². The lowest BCUT2D eigenvalue weighted by molar-refractivity contribution is -0.137. The number of nitrogens with one attached hydrogen (secondary N) is 2. The summed E-state index contributed by atoms with van der Waals surface area (Å²) >= 11 is 1.02. The molecule has 2 aromatic rings. The first-order chi connectivity index (χ1) is 27.7. The van der Waals surface area contributed by atoms with Crippen LogP contribution in [0.2, 0.25) is 0 Å². The molecule has 60 heavy (non-hydrogen) atoms. The van der Waals surface area contributed by atoms with Crippen LogP contribution in [0.1, 0.15) is 59.6 Å². The lowest BCUT2D eigenvalue weighted by Crippen LogP contribution is -2.46. The van der Waals surface area contributed by atoms with Crippen LogP contribution in [0.25, 0.3) is 11.2 Å². The number of aromatic nitrogens is 4. The Bertz CT molecular complexity index is 2020. The molecule has 10 N–H and O–H groups in total. The molecule has 0 saturated carbocycles. The highest BCUT2D eigenvalue weighted by Crippen LogP contribution is 2.61. The number of rotatable bonds is 25. The van der Waals surface area contributed by atoms with Gasteiger partial charge in [0.15, 0.2) is 22.8 Å². The standard InChI is InChI=1S/C31H50N7O18P3S/c1-17(2)19(7-6-18(3)39)12-22(41)60-11-10-33-21(40)8-9-34-29(44)26(43)31(4,5)14-53-59(50,51)56-58(48,49)52-13-20-25(55-57(45,46)47)24(42)30(54-20)38-16-37-23-27(32)35-15-36-28(23)38/h15-16,19-20,24-26,30,42-43H,1,6-14H2,2-5H3,(H,33,40)(H,34,44)(H,48,49)(H,50,51)(H2,32,35,36)(H2,45,46,47). The van der Waals surface area contributed by atoms with Crippen LogP contribution in [0.4, 0.5) is 5.82 Å². The number of aliphatic hydroxyl groups is 2. The molecule has 0 spiro atoms. The molecule has 1 saturated heterocycles. The van der Waals surface area contributed by atoms with Gasteiger partial charge in [0.25, 0.3) is 0 Å². The fraction of sp³-hybridized carbons (Fsp3) is 0.645. The number of hydrogen-bond acceptors (Lipinski definition) is 19. The number of nitrogens with two attached hydrogens (primary N) is 1. The molecule has 0 aromatic carbocycles. The van der Waals surface area contributed by atoms with Crippen LogP contribution in [0.15, 0.2) is 24.8 Å². The Morgan fingerprint density at radius 1 is 1.03 bits per heavy atom. The van der Waals surface area contributed by atoms with Crippen LogP contribution in [-0.2, 0) is 55.5 Å². The Morgan fingerprint density at radius 2 is 1.70 bits per heavy atom. The number of Topliss-reactive ketones (excluding diaryl/α,β-unsaturated/α-hetero) is 1. The Hall–Kier alpha value is -3.03. The van der Waals surface area contributed by atoms with E-state index in [2.05, 4.69) is 41.0 Å². The van der Waals surface area contributed by atoms with E-state index in [1.807, 2.05) is 0 Å². The minimum absolute atomic E-state index is 0.0210. The number of thioether (sulfide) groups is 1. The van der Waals surface area contributed by atoms with E-state index in [0.717, 1.165) is 34.6 Å². The number of phosphoric acid groups is 3. The fourth-order valence-corrected chi connectivity index (χ4v) is 9.04. The second-order valence-electron chi connectivity index (χ2n) is 14.3. The zero-order valence-corrected chi connectivity index (χ0v) is 36.4. The van der Waals surface area contributed by atoms with E-state index in [1.165, 1.54) is 20.8 Å². The molecule has 1 aliphatic rings. The number of carbonyl (C=O) groups is 4. The molecule has 3 rings (SSSR count). The van der Waals surface area contributed by atoms with Gasteiger partial charge in [-0.05, 0) is 26.2 Å². The van der Waals surface area contributed by atoms with Crippen LogP contribution in [0.3, 0.4) is 0 Å². The minimum Gasteiger partial charge on any atom is -0.386 e. The predicted octanol–water partition coefficient (Wildman–Crippen LogP) is 0.616. The molecular weight excluding hydrogens is 883 g/mol. The fourth-order valence-electron chi connectivity index (χ4n) is 5.46. The summed E-state index contributed by atoms with van der Waals surface area (Å²) in [5.41, 5.74) is 5.03. The third-order valence-electron chi connectivity index (χ3n) is 8.72. The summed E-state index contributed by atoms with van der Waals surface area (Å²) < 4.78 is 62.2. The van der Waals surface area contributed by atoms with Gasteiger partial charge in [-0.15, -0.1) is 0 Å². The highest BCUT2D eigenvalue weighted by molar-refractivity contribution is 8.13. The Labute approximate surface area is 347 Å². The van der Waals surface area contributed by atoms with Crippen molar-refractivity contribution in [1.29, 1.82) is 0 Å². The number of amides is 2. The third kappa shape index (κ3) is 16.0. The Kier molecular flexibility index (Phi) is 18.7. The van der Waals surface area contributed by atoms with Gasteiger partial charge in [-0.3, -0.25) is 32.5 Å². The van der Waals surface area contributed by atoms with Gasteiger partial charge in [-0.1, -0.05) is 37.8 Å². The van der Waals surface area contributed by atoms with Gasteiger partial charge in [0, 0.05) is 43.5 Å². The number of imidazole rings is 1. The number of anilines is 1. The first-order valence-corrected chi connectivity index (χ1v) is 23.4. The maximum absolute atomic E-state index is 12.7. The van der Waals surface area contributed by atoms with Crippen molar-refractivity contribution in [3.8, 4) is 0 Å². The molecule has 0 bridgehead atoms. The second kappa shape index (κ2) is 21.9. The number of hydrogen-bond donors (Lipinski definition) is 9. The predicted molar refractivity (Wildman–Crippen MR) is 210 cm³/mol. The molecule has 0 aliphatic carbocycles. The average molecular weight is 934 g/mol. The van der Waals surface area contributed by atoms with E-state index in [-0.39, 0.29) is 65.5 Å². The molecule has 25 nitrogen and oxygen atoms in total. The van der Waals surface area contributed by atoms with Gasteiger partial charge < -0.3 is 55.7 Å². The largest absolute Gasteiger partial charge is 0.481 e. The number of nitrogen functional groups attached to an aromatic ring is 1. The lowest BCUT2D eigenvalue weighted by Gasteiger charge is -2.30. The molecule has 0 radical (unpaired) electrons. The average Bonchev–Trinajstić information content (AvgIpc) is 3.69. The molecule has 3 heterocycles.